The van der Waals surface area contributed by atoms with E-state index < -0.39 is 0 Å². The summed E-state index contributed by atoms with van der Waals surface area (Å²) < 4.78 is 0. The summed E-state index contributed by atoms with van der Waals surface area (Å²) in [4.78, 5) is 4.13. The van der Waals surface area contributed by atoms with Gasteiger partial charge in [0.2, 0.25) is 0 Å². The highest BCUT2D eigenvalue weighted by Crippen LogP contribution is 2.08. The Morgan fingerprint density at radius 1 is 1.36 bits per heavy atom. The van der Waals surface area contributed by atoms with E-state index in [0.29, 0.717) is 0 Å². The first kappa shape index (κ1) is 11.2. The average molecular weight is 193 g/mol. The lowest BCUT2D eigenvalue weighted by molar-refractivity contribution is 0.154. The fraction of sp³-hybridized carbons (Fsp3) is 0.583. The van der Waals surface area contributed by atoms with E-state index in [1.54, 1.807) is 0 Å². The molecule has 0 bridgehead atoms. The molecule has 0 aliphatic carbocycles. The summed E-state index contributed by atoms with van der Waals surface area (Å²) in [7, 11) is 0. The quantitative estimate of drug-likeness (QED) is 0.779. The fourth-order valence-electron chi connectivity index (χ4n) is 1.57. The maximum atomic E-state index is 9.56. The highest BCUT2D eigenvalue weighted by Gasteiger charge is 2.03. The van der Waals surface area contributed by atoms with E-state index in [-0.39, 0.29) is 6.10 Å². The molecule has 0 saturated carbocycles. The zero-order valence-corrected chi connectivity index (χ0v) is 9.03. The Morgan fingerprint density at radius 3 is 2.79 bits per heavy atom. The first-order valence-corrected chi connectivity index (χ1v) is 5.31. The van der Waals surface area contributed by atoms with Crippen molar-refractivity contribution in [1.82, 2.24) is 4.98 Å². The zero-order valence-electron chi connectivity index (χ0n) is 9.03. The molecule has 1 aromatic heterocycles. The third-order valence-electron chi connectivity index (χ3n) is 2.32. The molecule has 1 unspecified atom stereocenters. The molecule has 1 atom stereocenters. The van der Waals surface area contributed by atoms with Crippen molar-refractivity contribution < 1.29 is 5.11 Å². The lowest BCUT2D eigenvalue weighted by Crippen LogP contribution is -2.07. The van der Waals surface area contributed by atoms with Crippen molar-refractivity contribution in [2.45, 2.75) is 45.6 Å². The number of hydrogen-bond acceptors (Lipinski definition) is 2. The molecule has 0 spiro atoms. The number of aliphatic hydroxyl groups is 1. The van der Waals surface area contributed by atoms with Crippen LogP contribution in [0.4, 0.5) is 0 Å². The molecule has 2 heteroatoms. The minimum absolute atomic E-state index is 0.152. The molecular weight excluding hydrogens is 174 g/mol. The number of rotatable bonds is 5. The summed E-state index contributed by atoms with van der Waals surface area (Å²) in [5, 5.41) is 9.56. The minimum Gasteiger partial charge on any atom is -0.393 e. The SMILES string of the molecule is CCCC(O)CCc1cncc(C)c1. The normalized spacial score (nSPS) is 12.8. The van der Waals surface area contributed by atoms with Gasteiger partial charge >= 0.3 is 0 Å². The van der Waals surface area contributed by atoms with Crippen molar-refractivity contribution in [2.75, 3.05) is 0 Å². The predicted molar refractivity (Wildman–Crippen MR) is 58.2 cm³/mol. The molecule has 0 saturated heterocycles. The molecular formula is C12H19NO. The van der Waals surface area contributed by atoms with Crippen LogP contribution in [-0.4, -0.2) is 16.2 Å². The number of aliphatic hydroxyl groups excluding tert-OH is 1. The number of pyridine rings is 1. The summed E-state index contributed by atoms with van der Waals surface area (Å²) in [6, 6.07) is 2.13. The second-order valence-electron chi connectivity index (χ2n) is 3.85. The molecule has 0 fully saturated rings. The molecule has 1 aromatic rings. The van der Waals surface area contributed by atoms with Gasteiger partial charge in [0.15, 0.2) is 0 Å². The van der Waals surface area contributed by atoms with Crippen molar-refractivity contribution >= 4 is 0 Å². The van der Waals surface area contributed by atoms with Crippen molar-refractivity contribution in [3.05, 3.63) is 29.6 Å². The Bertz CT molecular complexity index is 273. The highest BCUT2D eigenvalue weighted by molar-refractivity contribution is 5.16. The average Bonchev–Trinajstić information content (AvgIpc) is 2.15. The second-order valence-corrected chi connectivity index (χ2v) is 3.85. The van der Waals surface area contributed by atoms with Crippen LogP contribution in [0.2, 0.25) is 0 Å². The van der Waals surface area contributed by atoms with E-state index in [2.05, 4.69) is 18.0 Å². The Hall–Kier alpha value is -0.890. The van der Waals surface area contributed by atoms with Gasteiger partial charge in [-0.3, -0.25) is 4.98 Å². The van der Waals surface area contributed by atoms with Crippen molar-refractivity contribution in [3.63, 3.8) is 0 Å². The Kier molecular flexibility index (Phi) is 4.60. The van der Waals surface area contributed by atoms with E-state index in [9.17, 15) is 5.11 Å². The monoisotopic (exact) mass is 193 g/mol. The van der Waals surface area contributed by atoms with Crippen LogP contribution in [0.25, 0.3) is 0 Å². The maximum Gasteiger partial charge on any atom is 0.0543 e. The lowest BCUT2D eigenvalue weighted by Gasteiger charge is -2.08. The van der Waals surface area contributed by atoms with Crippen molar-refractivity contribution in [3.8, 4) is 0 Å². The fourth-order valence-corrected chi connectivity index (χ4v) is 1.57. The van der Waals surface area contributed by atoms with Crippen LogP contribution in [0.15, 0.2) is 18.5 Å². The Morgan fingerprint density at radius 2 is 2.14 bits per heavy atom. The van der Waals surface area contributed by atoms with Crippen LogP contribution in [0.5, 0.6) is 0 Å². The van der Waals surface area contributed by atoms with E-state index in [0.717, 1.165) is 25.7 Å². The predicted octanol–water partition coefficient (Wildman–Crippen LogP) is 2.48. The summed E-state index contributed by atoms with van der Waals surface area (Å²) in [5.74, 6) is 0. The Labute approximate surface area is 86.0 Å². The minimum atomic E-state index is -0.152. The molecule has 14 heavy (non-hydrogen) atoms. The molecule has 2 nitrogen and oxygen atoms in total. The molecule has 0 aliphatic rings. The van der Waals surface area contributed by atoms with Crippen LogP contribution in [0, 0.1) is 6.92 Å². The van der Waals surface area contributed by atoms with Gasteiger partial charge in [-0.25, -0.2) is 0 Å². The van der Waals surface area contributed by atoms with Crippen molar-refractivity contribution in [2.24, 2.45) is 0 Å². The van der Waals surface area contributed by atoms with Gasteiger partial charge in [0.25, 0.3) is 0 Å². The van der Waals surface area contributed by atoms with Gasteiger partial charge in [-0.1, -0.05) is 19.4 Å². The topological polar surface area (TPSA) is 33.1 Å². The lowest BCUT2D eigenvalue weighted by atomic mass is 10.0. The van der Waals surface area contributed by atoms with Crippen LogP contribution in [-0.2, 0) is 6.42 Å². The maximum absolute atomic E-state index is 9.56. The first-order valence-electron chi connectivity index (χ1n) is 5.31. The van der Waals surface area contributed by atoms with Gasteiger partial charge in [0.05, 0.1) is 6.10 Å². The number of nitrogens with zero attached hydrogens (tertiary/aromatic N) is 1. The van der Waals surface area contributed by atoms with Crippen LogP contribution in [0.1, 0.15) is 37.3 Å². The molecule has 1 N–H and O–H groups in total. The van der Waals surface area contributed by atoms with Gasteiger partial charge in [-0.2, -0.15) is 0 Å². The van der Waals surface area contributed by atoms with Gasteiger partial charge in [0, 0.05) is 12.4 Å². The summed E-state index contributed by atoms with van der Waals surface area (Å²) in [6.45, 7) is 4.14. The summed E-state index contributed by atoms with van der Waals surface area (Å²) in [6.07, 6.45) is 7.30. The van der Waals surface area contributed by atoms with Crippen LogP contribution < -0.4 is 0 Å². The largest absolute Gasteiger partial charge is 0.393 e. The molecule has 0 aromatic carbocycles. The van der Waals surface area contributed by atoms with E-state index in [4.69, 9.17) is 0 Å². The van der Waals surface area contributed by atoms with Crippen molar-refractivity contribution in [1.29, 1.82) is 0 Å². The number of hydrogen-bond donors (Lipinski definition) is 1. The highest BCUT2D eigenvalue weighted by atomic mass is 16.3. The van der Waals surface area contributed by atoms with E-state index in [1.807, 2.05) is 19.3 Å². The first-order chi connectivity index (χ1) is 6.72. The van der Waals surface area contributed by atoms with E-state index in [1.165, 1.54) is 11.1 Å². The molecule has 1 rings (SSSR count). The molecule has 1 heterocycles. The van der Waals surface area contributed by atoms with Gasteiger partial charge in [-0.05, 0) is 37.3 Å². The molecule has 78 valence electrons. The molecule has 0 amide bonds. The second kappa shape index (κ2) is 5.76. The summed E-state index contributed by atoms with van der Waals surface area (Å²) >= 11 is 0. The third-order valence-corrected chi connectivity index (χ3v) is 2.32. The zero-order chi connectivity index (χ0) is 10.4. The standard InChI is InChI=1S/C12H19NO/c1-3-4-12(14)6-5-11-7-10(2)8-13-9-11/h7-9,12,14H,3-6H2,1-2H3. The van der Waals surface area contributed by atoms with Gasteiger partial charge in [-0.15, -0.1) is 0 Å². The van der Waals surface area contributed by atoms with Crippen LogP contribution >= 0.6 is 0 Å². The number of aryl methyl sites for hydroxylation is 2. The smallest absolute Gasteiger partial charge is 0.0543 e. The van der Waals surface area contributed by atoms with E-state index >= 15 is 0 Å². The van der Waals surface area contributed by atoms with Gasteiger partial charge < -0.3 is 5.11 Å². The Balaban J connectivity index is 2.37. The van der Waals surface area contributed by atoms with Gasteiger partial charge in [0.1, 0.15) is 0 Å². The van der Waals surface area contributed by atoms with Crippen LogP contribution in [0.3, 0.4) is 0 Å². The molecule has 0 aliphatic heterocycles. The summed E-state index contributed by atoms with van der Waals surface area (Å²) in [5.41, 5.74) is 2.41. The molecule has 0 radical (unpaired) electrons. The third kappa shape index (κ3) is 3.88. The number of aromatic nitrogens is 1.